The number of unbranched alkanes of at least 4 members (excludes halogenated alkanes) is 1. The van der Waals surface area contributed by atoms with E-state index in [1.807, 2.05) is 6.92 Å². The molecule has 12 heteroatoms. The molecule has 1 unspecified atom stereocenters. The molecule has 0 radical (unpaired) electrons. The zero-order valence-corrected chi connectivity index (χ0v) is 20.7. The topological polar surface area (TPSA) is 166 Å². The molecule has 1 saturated heterocycles. The van der Waals surface area contributed by atoms with Gasteiger partial charge in [-0.15, -0.1) is 0 Å². The van der Waals surface area contributed by atoms with Crippen LogP contribution in [0.4, 0.5) is 4.79 Å². The van der Waals surface area contributed by atoms with Crippen molar-refractivity contribution in [3.8, 4) is 5.75 Å². The van der Waals surface area contributed by atoms with Crippen LogP contribution < -0.4 is 10.5 Å². The van der Waals surface area contributed by atoms with Crippen LogP contribution in [0.25, 0.3) is 0 Å². The van der Waals surface area contributed by atoms with Gasteiger partial charge in [0, 0.05) is 13.1 Å². The number of nitrogens with two attached hydrogens (primary N) is 1. The number of hydrogen-bond donors (Lipinski definition) is 2. The number of esters is 1. The molecule has 1 aromatic rings. The van der Waals surface area contributed by atoms with Crippen molar-refractivity contribution in [1.82, 2.24) is 9.80 Å². The Kier molecular flexibility index (Phi) is 10.2. The number of carbonyl (C=O) groups excluding carboxylic acids is 4. The van der Waals surface area contributed by atoms with E-state index in [0.717, 1.165) is 23.3 Å². The van der Waals surface area contributed by atoms with Crippen molar-refractivity contribution in [3.05, 3.63) is 29.8 Å². The molecule has 2 rings (SSSR count). The molecule has 3 N–H and O–H groups in total. The molecular weight excluding hydrogens is 474 g/mol. The summed E-state index contributed by atoms with van der Waals surface area (Å²) in [4.78, 5) is 66.2. The Bertz CT molecular complexity index is 966. The third-order valence-electron chi connectivity index (χ3n) is 5.95. The summed E-state index contributed by atoms with van der Waals surface area (Å²) >= 11 is 0. The highest BCUT2D eigenvalue weighted by Crippen LogP contribution is 2.31. The maximum absolute atomic E-state index is 13.9. The molecule has 0 aliphatic carbocycles. The first kappa shape index (κ1) is 28.6. The largest absolute Gasteiger partial charge is 0.497 e. The Morgan fingerprint density at radius 1 is 1.14 bits per heavy atom. The summed E-state index contributed by atoms with van der Waals surface area (Å²) in [6.45, 7) is 0.811. The molecule has 1 aromatic carbocycles. The molecular formula is C24H33N3O9. The first-order valence-corrected chi connectivity index (χ1v) is 11.6. The van der Waals surface area contributed by atoms with Crippen molar-refractivity contribution in [2.24, 2.45) is 5.73 Å². The highest BCUT2D eigenvalue weighted by molar-refractivity contribution is 6.17. The predicted molar refractivity (Wildman–Crippen MR) is 126 cm³/mol. The molecule has 1 aliphatic rings. The van der Waals surface area contributed by atoms with Gasteiger partial charge in [0.2, 0.25) is 0 Å². The number of Topliss-reactive ketones (excluding diaryl/α,β-unsaturated/α-hetero) is 1. The molecule has 198 valence electrons. The van der Waals surface area contributed by atoms with Crippen molar-refractivity contribution in [3.63, 3.8) is 0 Å². The minimum atomic E-state index is -2.42. The lowest BCUT2D eigenvalue weighted by Crippen LogP contribution is -2.74. The van der Waals surface area contributed by atoms with Crippen LogP contribution in [0.15, 0.2) is 24.3 Å². The number of nitrogens with zero attached hydrogens (tertiary/aromatic N) is 2. The quantitative estimate of drug-likeness (QED) is 0.232. The van der Waals surface area contributed by atoms with Gasteiger partial charge in [-0.2, -0.15) is 0 Å². The van der Waals surface area contributed by atoms with Crippen LogP contribution in [0.1, 0.15) is 31.7 Å². The summed E-state index contributed by atoms with van der Waals surface area (Å²) in [6, 6.07) is 5.41. The van der Waals surface area contributed by atoms with Crippen molar-refractivity contribution in [2.75, 3.05) is 40.5 Å². The van der Waals surface area contributed by atoms with Crippen molar-refractivity contribution in [2.45, 2.75) is 44.2 Å². The smallest absolute Gasteiger partial charge is 0.411 e. The van der Waals surface area contributed by atoms with Crippen LogP contribution in [0, 0.1) is 0 Å². The molecule has 0 aromatic heterocycles. The average Bonchev–Trinajstić information content (AvgIpc) is 2.86. The Balaban J connectivity index is 2.51. The Morgan fingerprint density at radius 3 is 2.36 bits per heavy atom. The van der Waals surface area contributed by atoms with Crippen LogP contribution in [-0.2, 0) is 35.1 Å². The second kappa shape index (κ2) is 12.9. The lowest BCUT2D eigenvalue weighted by molar-refractivity contribution is -0.166. The highest BCUT2D eigenvalue weighted by Gasteiger charge is 2.60. The number of carbonyl (C=O) groups is 5. The van der Waals surface area contributed by atoms with Gasteiger partial charge in [0.05, 0.1) is 33.3 Å². The summed E-state index contributed by atoms with van der Waals surface area (Å²) < 4.78 is 15.1. The van der Waals surface area contributed by atoms with E-state index in [-0.39, 0.29) is 26.1 Å². The van der Waals surface area contributed by atoms with Crippen LogP contribution in [0.2, 0.25) is 0 Å². The molecule has 1 aliphatic heterocycles. The number of methoxy groups -OCH3 is 2. The Labute approximate surface area is 209 Å². The molecule has 0 bridgehead atoms. The van der Waals surface area contributed by atoms with E-state index >= 15 is 0 Å². The number of piperazine rings is 1. The summed E-state index contributed by atoms with van der Waals surface area (Å²) in [5.74, 6) is -3.62. The lowest BCUT2D eigenvalue weighted by Gasteiger charge is -2.47. The van der Waals surface area contributed by atoms with Gasteiger partial charge in [-0.1, -0.05) is 25.5 Å². The SMILES string of the molecule is CCCCOC(=O)N1CCN(CC(=O)O)C(=O)C1(CC(=O)OC)C(=O)[C@@H](N)Cc1ccc(OC)cc1. The number of ketones is 1. The maximum Gasteiger partial charge on any atom is 0.411 e. The molecule has 12 nitrogen and oxygen atoms in total. The minimum Gasteiger partial charge on any atom is -0.497 e. The summed E-state index contributed by atoms with van der Waals surface area (Å²) in [7, 11) is 2.58. The number of carboxylic acid groups (broad SMARTS) is 1. The van der Waals surface area contributed by atoms with E-state index in [1.54, 1.807) is 24.3 Å². The van der Waals surface area contributed by atoms with E-state index in [9.17, 15) is 29.1 Å². The summed E-state index contributed by atoms with van der Waals surface area (Å²) in [5.41, 5.74) is 4.47. The fourth-order valence-corrected chi connectivity index (χ4v) is 4.03. The maximum atomic E-state index is 13.9. The number of rotatable bonds is 12. The standard InChI is InChI=1S/C24H33N3O9/c1-4-5-12-36-23(33)27-11-10-26(15-19(28)29)22(32)24(27,14-20(30)35-3)21(31)18(25)13-16-6-8-17(34-2)9-7-16/h6-9,18H,4-5,10-15,25H2,1-3H3,(H,28,29)/t18-,24?/m0/s1. The van der Waals surface area contributed by atoms with E-state index in [2.05, 4.69) is 0 Å². The summed E-state index contributed by atoms with van der Waals surface area (Å²) in [6.07, 6.45) is -0.543. The predicted octanol–water partition coefficient (Wildman–Crippen LogP) is 0.602. The zero-order valence-electron chi connectivity index (χ0n) is 20.7. The first-order chi connectivity index (χ1) is 17.1. The van der Waals surface area contributed by atoms with Gasteiger partial charge in [0.1, 0.15) is 12.3 Å². The minimum absolute atomic E-state index is 0.0172. The number of amides is 2. The van der Waals surface area contributed by atoms with Gasteiger partial charge in [0.25, 0.3) is 5.91 Å². The van der Waals surface area contributed by atoms with Crippen LogP contribution in [-0.4, -0.2) is 96.7 Å². The van der Waals surface area contributed by atoms with Crippen LogP contribution in [0.5, 0.6) is 5.75 Å². The van der Waals surface area contributed by atoms with Crippen molar-refractivity contribution >= 4 is 29.7 Å². The zero-order chi connectivity index (χ0) is 26.9. The number of hydrogen-bond acceptors (Lipinski definition) is 9. The van der Waals surface area contributed by atoms with Gasteiger partial charge >= 0.3 is 18.0 Å². The number of aliphatic carboxylic acids is 1. The van der Waals surface area contributed by atoms with E-state index < -0.39 is 54.3 Å². The van der Waals surface area contributed by atoms with Gasteiger partial charge in [-0.3, -0.25) is 24.1 Å². The fraction of sp³-hybridized carbons (Fsp3) is 0.542. The van der Waals surface area contributed by atoms with E-state index in [1.165, 1.54) is 7.11 Å². The van der Waals surface area contributed by atoms with Gasteiger partial charge in [0.15, 0.2) is 11.3 Å². The molecule has 1 heterocycles. The molecule has 1 fully saturated rings. The Hall–Kier alpha value is -3.67. The average molecular weight is 508 g/mol. The van der Waals surface area contributed by atoms with Gasteiger partial charge in [-0.25, -0.2) is 4.79 Å². The van der Waals surface area contributed by atoms with E-state index in [4.69, 9.17) is 19.9 Å². The third-order valence-corrected chi connectivity index (χ3v) is 5.95. The van der Waals surface area contributed by atoms with Crippen molar-refractivity contribution < 1.29 is 43.3 Å². The Morgan fingerprint density at radius 2 is 1.81 bits per heavy atom. The van der Waals surface area contributed by atoms with Crippen LogP contribution in [0.3, 0.4) is 0 Å². The second-order valence-electron chi connectivity index (χ2n) is 8.38. The normalized spacial score (nSPS) is 18.4. The molecule has 2 amide bonds. The number of ether oxygens (including phenoxy) is 3. The van der Waals surface area contributed by atoms with Crippen molar-refractivity contribution in [1.29, 1.82) is 0 Å². The third kappa shape index (κ3) is 6.51. The number of benzene rings is 1. The lowest BCUT2D eigenvalue weighted by atomic mass is 9.80. The highest BCUT2D eigenvalue weighted by atomic mass is 16.6. The van der Waals surface area contributed by atoms with E-state index in [0.29, 0.717) is 17.7 Å². The monoisotopic (exact) mass is 507 g/mol. The molecule has 2 atom stereocenters. The summed E-state index contributed by atoms with van der Waals surface area (Å²) in [5, 5.41) is 9.27. The number of carboxylic acids is 1. The fourth-order valence-electron chi connectivity index (χ4n) is 4.03. The van der Waals surface area contributed by atoms with Gasteiger partial charge in [-0.05, 0) is 30.5 Å². The second-order valence-corrected chi connectivity index (χ2v) is 8.38. The van der Waals surface area contributed by atoms with Gasteiger partial charge < -0.3 is 30.0 Å². The van der Waals surface area contributed by atoms with Crippen LogP contribution >= 0.6 is 0 Å². The molecule has 0 saturated carbocycles. The molecule has 0 spiro atoms. The first-order valence-electron chi connectivity index (χ1n) is 11.6. The molecule has 36 heavy (non-hydrogen) atoms.